The van der Waals surface area contributed by atoms with Crippen molar-refractivity contribution in [1.29, 1.82) is 0 Å². The van der Waals surface area contributed by atoms with E-state index >= 15 is 0 Å². The van der Waals surface area contributed by atoms with Crippen LogP contribution in [0.3, 0.4) is 0 Å². The van der Waals surface area contributed by atoms with Crippen LogP contribution in [0.5, 0.6) is 5.75 Å². The van der Waals surface area contributed by atoms with E-state index in [2.05, 4.69) is 10.4 Å². The van der Waals surface area contributed by atoms with E-state index in [1.54, 1.807) is 31.4 Å². The minimum Gasteiger partial charge on any atom is -0.497 e. The molecule has 6 nitrogen and oxygen atoms in total. The van der Waals surface area contributed by atoms with Crippen LogP contribution in [0.1, 0.15) is 29.2 Å². The molecule has 0 fully saturated rings. The normalized spacial score (nSPS) is 11.1. The number of rotatable bonds is 4. The van der Waals surface area contributed by atoms with E-state index < -0.39 is 0 Å². The number of aromatic nitrogens is 2. The number of aryl methyl sites for hydroxylation is 1. The van der Waals surface area contributed by atoms with Gasteiger partial charge < -0.3 is 10.1 Å². The third-order valence-electron chi connectivity index (χ3n) is 3.79. The molecule has 2 aromatic heterocycles. The summed E-state index contributed by atoms with van der Waals surface area (Å²) in [4.78, 5) is 26.3. The fourth-order valence-corrected chi connectivity index (χ4v) is 3.44. The number of benzene rings is 1. The first-order valence-electron chi connectivity index (χ1n) is 7.88. The van der Waals surface area contributed by atoms with Crippen molar-refractivity contribution >= 4 is 28.0 Å². The second kappa shape index (κ2) is 6.68. The predicted octanol–water partition coefficient (Wildman–Crippen LogP) is 2.90. The highest BCUT2D eigenvalue weighted by molar-refractivity contribution is 7.11. The summed E-state index contributed by atoms with van der Waals surface area (Å²) in [6, 6.07) is 6.96. The van der Waals surface area contributed by atoms with Crippen LogP contribution in [0.15, 0.2) is 34.4 Å². The maximum absolute atomic E-state index is 12.9. The van der Waals surface area contributed by atoms with Crippen molar-refractivity contribution in [3.05, 3.63) is 50.6 Å². The Balaban J connectivity index is 2.24. The number of thiophene rings is 1. The van der Waals surface area contributed by atoms with Crippen LogP contribution in [0.4, 0.5) is 0 Å². The number of carbonyl (C=O) groups is 1. The summed E-state index contributed by atoms with van der Waals surface area (Å²) in [5.41, 5.74) is 0.598. The fraction of sp³-hybridized carbons (Fsp3) is 0.278. The van der Waals surface area contributed by atoms with E-state index in [1.165, 1.54) is 16.0 Å². The minimum atomic E-state index is -0.292. The number of fused-ring (bicyclic) bond motifs is 1. The maximum atomic E-state index is 12.9. The molecule has 3 aromatic rings. The molecule has 0 aliphatic rings. The molecule has 1 N–H and O–H groups in total. The summed E-state index contributed by atoms with van der Waals surface area (Å²) in [5.74, 6) is 0.391. The van der Waals surface area contributed by atoms with Crippen molar-refractivity contribution in [3.8, 4) is 11.4 Å². The third-order valence-corrected chi connectivity index (χ3v) is 4.70. The van der Waals surface area contributed by atoms with E-state index in [0.717, 1.165) is 4.88 Å². The first kappa shape index (κ1) is 17.2. The number of amides is 1. The molecule has 0 atom stereocenters. The Morgan fingerprint density at radius 3 is 2.56 bits per heavy atom. The van der Waals surface area contributed by atoms with Gasteiger partial charge in [0, 0.05) is 21.7 Å². The van der Waals surface area contributed by atoms with Gasteiger partial charge in [-0.2, -0.15) is 9.78 Å². The molecule has 0 unspecified atom stereocenters. The lowest BCUT2D eigenvalue weighted by Gasteiger charge is -2.12. The quantitative estimate of drug-likeness (QED) is 0.779. The van der Waals surface area contributed by atoms with Crippen LogP contribution in [0.2, 0.25) is 0 Å². The molecule has 0 spiro atoms. The van der Waals surface area contributed by atoms with E-state index in [-0.39, 0.29) is 23.2 Å². The molecular weight excluding hydrogens is 338 g/mol. The van der Waals surface area contributed by atoms with Crippen LogP contribution in [0, 0.1) is 6.92 Å². The summed E-state index contributed by atoms with van der Waals surface area (Å²) in [6.45, 7) is 5.64. The Bertz CT molecular complexity index is 987. The Kier molecular flexibility index (Phi) is 4.59. The number of hydrogen-bond acceptors (Lipinski definition) is 5. The Hall–Kier alpha value is -2.67. The van der Waals surface area contributed by atoms with Gasteiger partial charge >= 0.3 is 0 Å². The Labute approximate surface area is 149 Å². The van der Waals surface area contributed by atoms with Crippen molar-refractivity contribution in [3.63, 3.8) is 0 Å². The second-order valence-electron chi connectivity index (χ2n) is 5.97. The lowest BCUT2D eigenvalue weighted by atomic mass is 10.2. The van der Waals surface area contributed by atoms with Gasteiger partial charge in [0.05, 0.1) is 18.2 Å². The van der Waals surface area contributed by atoms with Crippen LogP contribution < -0.4 is 15.6 Å². The summed E-state index contributed by atoms with van der Waals surface area (Å²) >= 11 is 1.44. The molecule has 7 heteroatoms. The van der Waals surface area contributed by atoms with Gasteiger partial charge in [-0.05, 0) is 45.0 Å². The average Bonchev–Trinajstić information content (AvgIpc) is 2.97. The van der Waals surface area contributed by atoms with E-state index in [1.807, 2.05) is 26.2 Å². The molecule has 0 saturated heterocycles. The van der Waals surface area contributed by atoms with Gasteiger partial charge in [-0.15, -0.1) is 11.3 Å². The molecule has 0 aliphatic carbocycles. The van der Waals surface area contributed by atoms with Gasteiger partial charge in [0.15, 0.2) is 5.69 Å². The average molecular weight is 357 g/mol. The molecule has 1 aromatic carbocycles. The van der Waals surface area contributed by atoms with Gasteiger partial charge in [-0.1, -0.05) is 0 Å². The number of nitrogens with one attached hydrogen (secondary N) is 1. The zero-order chi connectivity index (χ0) is 18.1. The largest absolute Gasteiger partial charge is 0.497 e. The predicted molar refractivity (Wildman–Crippen MR) is 99.1 cm³/mol. The van der Waals surface area contributed by atoms with Crippen LogP contribution in [-0.4, -0.2) is 28.8 Å². The highest BCUT2D eigenvalue weighted by atomic mass is 32.1. The Morgan fingerprint density at radius 1 is 1.28 bits per heavy atom. The summed E-state index contributed by atoms with van der Waals surface area (Å²) < 4.78 is 6.42. The lowest BCUT2D eigenvalue weighted by molar-refractivity contribution is 0.0938. The number of ether oxygens (including phenoxy) is 1. The first-order chi connectivity index (χ1) is 11.9. The monoisotopic (exact) mass is 357 g/mol. The molecular formula is C18H19N3O3S. The summed E-state index contributed by atoms with van der Waals surface area (Å²) in [5, 5.41) is 10.1. The van der Waals surface area contributed by atoms with Gasteiger partial charge in [0.2, 0.25) is 0 Å². The van der Waals surface area contributed by atoms with Crippen molar-refractivity contribution in [2.45, 2.75) is 26.8 Å². The number of carbonyl (C=O) groups excluding carboxylic acids is 1. The summed E-state index contributed by atoms with van der Waals surface area (Å²) in [6.07, 6.45) is 0. The topological polar surface area (TPSA) is 73.2 Å². The van der Waals surface area contributed by atoms with Gasteiger partial charge in [0.1, 0.15) is 5.75 Å². The fourth-order valence-electron chi connectivity index (χ4n) is 2.60. The molecule has 2 heterocycles. The molecule has 130 valence electrons. The zero-order valence-corrected chi connectivity index (χ0v) is 15.3. The van der Waals surface area contributed by atoms with Crippen molar-refractivity contribution in [2.75, 3.05) is 7.11 Å². The lowest BCUT2D eigenvalue weighted by Crippen LogP contribution is -2.33. The molecule has 0 aliphatic heterocycles. The number of hydrogen-bond donors (Lipinski definition) is 1. The van der Waals surface area contributed by atoms with E-state index in [9.17, 15) is 9.59 Å². The highest BCUT2D eigenvalue weighted by Gasteiger charge is 2.20. The number of methoxy groups -OCH3 is 1. The van der Waals surface area contributed by atoms with Crippen molar-refractivity contribution < 1.29 is 9.53 Å². The molecule has 25 heavy (non-hydrogen) atoms. The van der Waals surface area contributed by atoms with E-state index in [4.69, 9.17) is 4.74 Å². The number of nitrogens with zero attached hydrogens (tertiary/aromatic N) is 2. The molecule has 0 bridgehead atoms. The minimum absolute atomic E-state index is 0.0227. The highest BCUT2D eigenvalue weighted by Crippen LogP contribution is 2.25. The van der Waals surface area contributed by atoms with Crippen LogP contribution in [0.25, 0.3) is 16.5 Å². The molecule has 3 rings (SSSR count). The van der Waals surface area contributed by atoms with Gasteiger partial charge in [-0.3, -0.25) is 9.59 Å². The summed E-state index contributed by atoms with van der Waals surface area (Å²) in [7, 11) is 1.58. The van der Waals surface area contributed by atoms with E-state index in [0.29, 0.717) is 22.2 Å². The smallest absolute Gasteiger partial charge is 0.280 e. The third kappa shape index (κ3) is 3.15. The standard InChI is InChI=1S/C18H19N3O3S/c1-10(2)19-17(22)16-14-9-25-11(3)15(14)18(23)21(20-16)12-5-7-13(24-4)8-6-12/h5-10H,1-4H3,(H,19,22). The first-order valence-corrected chi connectivity index (χ1v) is 8.76. The Morgan fingerprint density at radius 2 is 1.96 bits per heavy atom. The van der Waals surface area contributed by atoms with Crippen LogP contribution in [-0.2, 0) is 0 Å². The van der Waals surface area contributed by atoms with Crippen LogP contribution >= 0.6 is 11.3 Å². The molecule has 0 radical (unpaired) electrons. The van der Waals surface area contributed by atoms with Gasteiger partial charge in [0.25, 0.3) is 11.5 Å². The van der Waals surface area contributed by atoms with Crippen molar-refractivity contribution in [1.82, 2.24) is 15.1 Å². The molecule has 0 saturated carbocycles. The maximum Gasteiger partial charge on any atom is 0.280 e. The second-order valence-corrected chi connectivity index (χ2v) is 7.06. The molecule has 1 amide bonds. The SMILES string of the molecule is COc1ccc(-n2nc(C(=O)NC(C)C)c3csc(C)c3c2=O)cc1. The van der Waals surface area contributed by atoms with Crippen molar-refractivity contribution in [2.24, 2.45) is 0 Å². The van der Waals surface area contributed by atoms with Gasteiger partial charge in [-0.25, -0.2) is 0 Å². The zero-order valence-electron chi connectivity index (χ0n) is 14.5.